The molecule has 0 aliphatic heterocycles. The Kier molecular flexibility index (Phi) is 3.51. The van der Waals surface area contributed by atoms with Gasteiger partial charge in [0.2, 0.25) is 0 Å². The Labute approximate surface area is 47.0 Å². The average Bonchev–Trinajstić information content (AvgIpc) is 1.35. The Hall–Kier alpha value is 0.200. The molecule has 0 amide bonds. The third kappa shape index (κ3) is 4.20. The molecule has 6 heavy (non-hydrogen) atoms. The molecule has 0 aliphatic carbocycles. The summed E-state index contributed by atoms with van der Waals surface area (Å²) in [6.45, 7) is -0.137. The monoisotopic (exact) mass is 123 g/mol. The van der Waals surface area contributed by atoms with Gasteiger partial charge in [-0.25, -0.2) is 0 Å². The van der Waals surface area contributed by atoms with Crippen LogP contribution in [-0.2, 0) is 0 Å². The van der Waals surface area contributed by atoms with E-state index in [0.29, 0.717) is 4.32 Å². The van der Waals surface area contributed by atoms with Crippen molar-refractivity contribution >= 4 is 29.2 Å². The molecule has 0 atom stereocenters. The second kappa shape index (κ2) is 3.39. The van der Waals surface area contributed by atoms with Crippen LogP contribution >= 0.6 is 24.8 Å². The van der Waals surface area contributed by atoms with Crippen molar-refractivity contribution in [1.82, 2.24) is 5.32 Å². The summed E-state index contributed by atoms with van der Waals surface area (Å²) in [5.41, 5.74) is 0. The van der Waals surface area contributed by atoms with E-state index in [2.05, 4.69) is 30.2 Å². The van der Waals surface area contributed by atoms with Gasteiger partial charge in [0.25, 0.3) is 0 Å². The molecule has 36 valence electrons. The van der Waals surface area contributed by atoms with Gasteiger partial charge in [0.1, 0.15) is 11.1 Å². The fourth-order valence-corrected chi connectivity index (χ4v) is 0.203. The summed E-state index contributed by atoms with van der Waals surface area (Å²) in [5, 5.41) is 10.3. The highest BCUT2D eigenvalue weighted by Gasteiger charge is 1.75. The summed E-state index contributed by atoms with van der Waals surface area (Å²) in [7, 11) is 0. The lowest BCUT2D eigenvalue weighted by Crippen LogP contribution is -2.16. The van der Waals surface area contributed by atoms with E-state index in [9.17, 15) is 0 Å². The van der Waals surface area contributed by atoms with Crippen LogP contribution in [0.25, 0.3) is 0 Å². The number of aliphatic hydroxyl groups is 1. The van der Waals surface area contributed by atoms with Crippen LogP contribution in [0.1, 0.15) is 0 Å². The smallest absolute Gasteiger partial charge is 0.132 e. The van der Waals surface area contributed by atoms with Crippen molar-refractivity contribution in [3.05, 3.63) is 0 Å². The van der Waals surface area contributed by atoms with E-state index in [1.165, 1.54) is 0 Å². The van der Waals surface area contributed by atoms with Gasteiger partial charge in [0.15, 0.2) is 0 Å². The maximum absolute atomic E-state index is 7.99. The minimum Gasteiger partial charge on any atom is -0.377 e. The SMILES string of the molecule is OCNC(=S)S. The highest BCUT2D eigenvalue weighted by molar-refractivity contribution is 8.11. The maximum Gasteiger partial charge on any atom is 0.132 e. The molecule has 0 aromatic carbocycles. The fourth-order valence-electron chi connectivity index (χ4n) is 0.0676. The van der Waals surface area contributed by atoms with Crippen LogP contribution in [0.3, 0.4) is 0 Å². The van der Waals surface area contributed by atoms with Gasteiger partial charge in [0.05, 0.1) is 0 Å². The van der Waals surface area contributed by atoms with Crippen LogP contribution in [0.15, 0.2) is 0 Å². The molecule has 0 bridgehead atoms. The lowest BCUT2D eigenvalue weighted by Gasteiger charge is -1.91. The molecule has 0 saturated heterocycles. The molecule has 0 radical (unpaired) electrons. The highest BCUT2D eigenvalue weighted by atomic mass is 32.1. The first-order valence-electron chi connectivity index (χ1n) is 1.35. The number of nitrogens with one attached hydrogen (secondary N) is 1. The molecular weight excluding hydrogens is 118 g/mol. The first kappa shape index (κ1) is 6.20. The predicted molar refractivity (Wildman–Crippen MR) is 31.8 cm³/mol. The topological polar surface area (TPSA) is 32.3 Å². The maximum atomic E-state index is 7.99. The Morgan fingerprint density at radius 1 is 2.00 bits per heavy atom. The first-order valence-corrected chi connectivity index (χ1v) is 2.20. The van der Waals surface area contributed by atoms with Gasteiger partial charge in [-0.3, -0.25) is 0 Å². The standard InChI is InChI=1S/C2H5NOS2/c4-1-3-2(5)6/h4H,1H2,(H2,3,5,6). The van der Waals surface area contributed by atoms with Gasteiger partial charge in [-0.1, -0.05) is 12.2 Å². The predicted octanol–water partition coefficient (Wildman–Crippen LogP) is -0.259. The Morgan fingerprint density at radius 2 is 2.50 bits per heavy atom. The van der Waals surface area contributed by atoms with Crippen molar-refractivity contribution in [2.45, 2.75) is 0 Å². The van der Waals surface area contributed by atoms with E-state index in [1.807, 2.05) is 0 Å². The quantitative estimate of drug-likeness (QED) is 0.255. The van der Waals surface area contributed by atoms with E-state index < -0.39 is 0 Å². The summed E-state index contributed by atoms with van der Waals surface area (Å²) in [4.78, 5) is 0. The summed E-state index contributed by atoms with van der Waals surface area (Å²) in [5.74, 6) is 0. The molecule has 2 nitrogen and oxygen atoms in total. The Bertz CT molecular complexity index is 55.5. The molecule has 0 saturated carbocycles. The van der Waals surface area contributed by atoms with Crippen LogP contribution in [-0.4, -0.2) is 16.2 Å². The van der Waals surface area contributed by atoms with Crippen molar-refractivity contribution in [1.29, 1.82) is 0 Å². The van der Waals surface area contributed by atoms with Crippen LogP contribution in [0.4, 0.5) is 0 Å². The molecule has 0 aromatic rings. The summed E-state index contributed by atoms with van der Waals surface area (Å²) in [6, 6.07) is 0. The molecule has 0 fully saturated rings. The van der Waals surface area contributed by atoms with E-state index in [0.717, 1.165) is 0 Å². The number of aliphatic hydroxyl groups excluding tert-OH is 1. The van der Waals surface area contributed by atoms with Crippen molar-refractivity contribution in [2.75, 3.05) is 6.73 Å². The molecule has 0 spiro atoms. The first-order chi connectivity index (χ1) is 2.77. The number of hydrogen-bond acceptors (Lipinski definition) is 2. The Balaban J connectivity index is 2.83. The summed E-state index contributed by atoms with van der Waals surface area (Å²) >= 11 is 8.03. The van der Waals surface area contributed by atoms with Crippen LogP contribution in [0, 0.1) is 0 Å². The second-order valence-electron chi connectivity index (χ2n) is 0.640. The number of thiol groups is 1. The minimum atomic E-state index is -0.137. The van der Waals surface area contributed by atoms with Crippen LogP contribution < -0.4 is 5.32 Å². The zero-order valence-corrected chi connectivity index (χ0v) is 4.72. The van der Waals surface area contributed by atoms with E-state index in [4.69, 9.17) is 5.11 Å². The number of hydrogen-bond donors (Lipinski definition) is 3. The van der Waals surface area contributed by atoms with Crippen molar-refractivity contribution in [3.63, 3.8) is 0 Å². The number of thiocarbonyl (C=S) groups is 1. The largest absolute Gasteiger partial charge is 0.377 e. The van der Waals surface area contributed by atoms with Gasteiger partial charge in [-0.15, -0.1) is 12.6 Å². The molecule has 4 heteroatoms. The normalized spacial score (nSPS) is 7.67. The van der Waals surface area contributed by atoms with Crippen molar-refractivity contribution in [2.24, 2.45) is 0 Å². The van der Waals surface area contributed by atoms with Gasteiger partial charge < -0.3 is 10.4 Å². The molecular formula is C2H5NOS2. The van der Waals surface area contributed by atoms with Crippen molar-refractivity contribution in [3.8, 4) is 0 Å². The molecule has 0 rings (SSSR count). The van der Waals surface area contributed by atoms with Crippen molar-refractivity contribution < 1.29 is 5.11 Å². The lowest BCUT2D eigenvalue weighted by molar-refractivity contribution is 0.288. The van der Waals surface area contributed by atoms with E-state index in [1.54, 1.807) is 0 Å². The average molecular weight is 123 g/mol. The highest BCUT2D eigenvalue weighted by Crippen LogP contribution is 1.72. The van der Waals surface area contributed by atoms with Crippen LogP contribution in [0.2, 0.25) is 0 Å². The van der Waals surface area contributed by atoms with Crippen LogP contribution in [0.5, 0.6) is 0 Å². The molecule has 0 aliphatic rings. The van der Waals surface area contributed by atoms with Gasteiger partial charge in [-0.2, -0.15) is 0 Å². The zero-order valence-electron chi connectivity index (χ0n) is 3.01. The second-order valence-corrected chi connectivity index (χ2v) is 1.80. The number of rotatable bonds is 1. The molecule has 0 aromatic heterocycles. The van der Waals surface area contributed by atoms with Gasteiger partial charge in [0, 0.05) is 0 Å². The summed E-state index contributed by atoms with van der Waals surface area (Å²) in [6.07, 6.45) is 0. The van der Waals surface area contributed by atoms with Gasteiger partial charge in [-0.05, 0) is 0 Å². The molecule has 2 N–H and O–H groups in total. The lowest BCUT2D eigenvalue weighted by atomic mass is 11.2. The minimum absolute atomic E-state index is 0.137. The zero-order chi connectivity index (χ0) is 4.99. The summed E-state index contributed by atoms with van der Waals surface area (Å²) < 4.78 is 0.317. The molecule has 0 unspecified atom stereocenters. The third-order valence-corrected chi connectivity index (χ3v) is 0.533. The fraction of sp³-hybridized carbons (Fsp3) is 0.500. The Morgan fingerprint density at radius 3 is 2.50 bits per heavy atom. The molecule has 0 heterocycles. The third-order valence-electron chi connectivity index (χ3n) is 0.230. The van der Waals surface area contributed by atoms with Gasteiger partial charge >= 0.3 is 0 Å². The van der Waals surface area contributed by atoms with E-state index in [-0.39, 0.29) is 6.73 Å². The van der Waals surface area contributed by atoms with E-state index >= 15 is 0 Å².